The van der Waals surface area contributed by atoms with E-state index in [0.29, 0.717) is 28.4 Å². The van der Waals surface area contributed by atoms with Crippen LogP contribution in [0.25, 0.3) is 0 Å². The Hall–Kier alpha value is -0.967. The number of allylic oxidation sites excluding steroid dienone is 4. The molecular weight excluding hydrogens is 627 g/mol. The number of rotatable bonds is 7. The van der Waals surface area contributed by atoms with Crippen LogP contribution in [0.1, 0.15) is 13.8 Å². The van der Waals surface area contributed by atoms with Crippen molar-refractivity contribution >= 4 is 54.8 Å². The maximum atomic E-state index is 12.8. The molecular formula is C25H20K2N4O8S2. The maximum absolute atomic E-state index is 12.8. The van der Waals surface area contributed by atoms with Gasteiger partial charge in [-0.3, -0.25) is 9.59 Å². The molecule has 2 aliphatic heterocycles. The van der Waals surface area contributed by atoms with E-state index in [1.165, 1.54) is 30.3 Å². The normalized spacial score (nSPS) is 18.6. The van der Waals surface area contributed by atoms with Gasteiger partial charge in [-0.15, -0.1) is 0 Å². The van der Waals surface area contributed by atoms with Crippen LogP contribution in [0, 0.1) is 5.92 Å². The largest absolute Gasteiger partial charge is 1.00 e. The topological polar surface area (TPSA) is 180 Å². The second kappa shape index (κ2) is 14.7. The monoisotopic (exact) mass is 646 g/mol. The van der Waals surface area contributed by atoms with Crippen LogP contribution in [-0.4, -0.2) is 49.2 Å². The third kappa shape index (κ3) is 8.57. The van der Waals surface area contributed by atoms with E-state index in [1.54, 1.807) is 38.2 Å². The summed E-state index contributed by atoms with van der Waals surface area (Å²) in [6.45, 7) is 3.30. The zero-order chi connectivity index (χ0) is 28.5. The average molecular weight is 647 g/mol. The van der Waals surface area contributed by atoms with Crippen LogP contribution in [0.2, 0.25) is 0 Å². The number of benzene rings is 2. The van der Waals surface area contributed by atoms with E-state index in [4.69, 9.17) is 0 Å². The third-order valence-corrected chi connectivity index (χ3v) is 7.47. The molecule has 16 heteroatoms. The summed E-state index contributed by atoms with van der Waals surface area (Å²) in [6, 6.07) is 9.69. The van der Waals surface area contributed by atoms with Crippen LogP contribution in [0.3, 0.4) is 0 Å². The van der Waals surface area contributed by atoms with Crippen LogP contribution in [0.15, 0.2) is 104 Å². The Morgan fingerprint density at radius 3 is 1.71 bits per heavy atom. The summed E-state index contributed by atoms with van der Waals surface area (Å²) in [7, 11) is -9.22. The van der Waals surface area contributed by atoms with Crippen molar-refractivity contribution in [3.63, 3.8) is 0 Å². The number of carbonyl (C=O) groups excluding carboxylic acids is 2. The summed E-state index contributed by atoms with van der Waals surface area (Å²) < 4.78 is 66.6. The van der Waals surface area contributed by atoms with Crippen LogP contribution < -0.4 is 113 Å². The van der Waals surface area contributed by atoms with Crippen molar-refractivity contribution in [2.45, 2.75) is 23.6 Å². The third-order valence-electron chi connectivity index (χ3n) is 5.77. The van der Waals surface area contributed by atoms with E-state index < -0.39 is 41.9 Å². The van der Waals surface area contributed by atoms with E-state index in [9.17, 15) is 35.5 Å². The first-order valence-electron chi connectivity index (χ1n) is 11.2. The first-order chi connectivity index (χ1) is 18.3. The van der Waals surface area contributed by atoms with Gasteiger partial charge in [0.2, 0.25) is 0 Å². The van der Waals surface area contributed by atoms with Crippen LogP contribution in [-0.2, 0) is 29.8 Å². The summed E-state index contributed by atoms with van der Waals surface area (Å²) in [5.41, 5.74) is 1.83. The molecule has 4 rings (SSSR count). The molecule has 0 N–H and O–H groups in total. The molecule has 12 nitrogen and oxygen atoms in total. The van der Waals surface area contributed by atoms with E-state index in [0.717, 1.165) is 34.3 Å². The molecule has 0 saturated carbocycles. The van der Waals surface area contributed by atoms with E-state index >= 15 is 0 Å². The molecule has 0 aromatic heterocycles. The van der Waals surface area contributed by atoms with E-state index in [2.05, 4.69) is 10.2 Å². The summed E-state index contributed by atoms with van der Waals surface area (Å²) in [6.07, 6.45) is 7.96. The Labute approximate surface area is 322 Å². The van der Waals surface area contributed by atoms with Gasteiger partial charge in [0, 0.05) is 0 Å². The van der Waals surface area contributed by atoms with Gasteiger partial charge in [-0.1, -0.05) is 24.3 Å². The number of carbonyl (C=O) groups is 2. The zero-order valence-electron chi connectivity index (χ0n) is 22.5. The number of hydrazone groups is 2. The Morgan fingerprint density at radius 1 is 0.732 bits per heavy atom. The quantitative estimate of drug-likeness (QED) is 0.128. The van der Waals surface area contributed by atoms with Crippen molar-refractivity contribution in [2.75, 3.05) is 10.0 Å². The molecule has 1 unspecified atom stereocenters. The van der Waals surface area contributed by atoms with Gasteiger partial charge >= 0.3 is 103 Å². The van der Waals surface area contributed by atoms with Gasteiger partial charge in [-0.05, 0) is 68.5 Å². The molecule has 0 aliphatic carbocycles. The molecule has 2 aromatic rings. The Kier molecular flexibility index (Phi) is 13.0. The fraction of sp³-hybridized carbons (Fsp3) is 0.120. The average Bonchev–Trinajstić information content (AvgIpc) is 3.32. The first kappa shape index (κ1) is 36.2. The molecule has 0 fully saturated rings. The summed E-state index contributed by atoms with van der Waals surface area (Å²) in [5.74, 6) is -1.48. The van der Waals surface area contributed by atoms with E-state index in [1.807, 2.05) is 0 Å². The minimum atomic E-state index is -4.61. The molecule has 2 aliphatic rings. The maximum Gasteiger partial charge on any atom is 1.00 e. The second-order valence-corrected chi connectivity index (χ2v) is 11.2. The van der Waals surface area contributed by atoms with Crippen LogP contribution in [0.4, 0.5) is 11.4 Å². The summed E-state index contributed by atoms with van der Waals surface area (Å²) in [5, 5.41) is 10.6. The minimum Gasteiger partial charge on any atom is -0.744 e. The second-order valence-electron chi connectivity index (χ2n) is 8.42. The van der Waals surface area contributed by atoms with Gasteiger partial charge < -0.3 is 9.11 Å². The van der Waals surface area contributed by atoms with Crippen molar-refractivity contribution < 1.29 is 138 Å². The summed E-state index contributed by atoms with van der Waals surface area (Å²) in [4.78, 5) is 24.8. The Bertz CT molecular complexity index is 1720. The fourth-order valence-electron chi connectivity index (χ4n) is 3.77. The number of nitrogens with zero attached hydrogens (tertiary/aromatic N) is 4. The standard InChI is InChI=1S/C25H22N4O8S2.2K/c1-16-22(24(30)28(26-16)18-8-12-20(13-9-18)38(32,33)34)6-4-3-5-7-23-17(2)27-29(25(23)31)19-10-14-21(15-11-19)39(35,36)37;;/h3-15,22H,1-2H3,(H,32,33,34)(H,35,36,37);;/q;2*+1/p-2/b5-3+,6-4+,23-7-;;. The number of hydrogen-bond donors (Lipinski definition) is 0. The number of anilines is 2. The molecule has 0 bridgehead atoms. The van der Waals surface area contributed by atoms with Gasteiger partial charge in [0.1, 0.15) is 20.2 Å². The predicted octanol–water partition coefficient (Wildman–Crippen LogP) is -3.70. The van der Waals surface area contributed by atoms with Crippen LogP contribution in [0.5, 0.6) is 0 Å². The van der Waals surface area contributed by atoms with Gasteiger partial charge in [-0.2, -0.15) is 20.2 Å². The minimum absolute atomic E-state index is 0. The SMILES string of the molecule is CC1=NN(c2ccc(S(=O)(=O)[O-])cc2)C(=O)\C1=C/C=C/C=C/C1C(=O)N(c2ccc(S(=O)(=O)[O-])cc2)N=C1C.[K+].[K+]. The van der Waals surface area contributed by atoms with E-state index in [-0.39, 0.29) is 109 Å². The van der Waals surface area contributed by atoms with Crippen LogP contribution >= 0.6 is 0 Å². The van der Waals surface area contributed by atoms with Crippen molar-refractivity contribution in [3.05, 3.63) is 84.5 Å². The molecule has 2 heterocycles. The molecule has 0 radical (unpaired) electrons. The fourth-order valence-corrected chi connectivity index (χ4v) is 4.71. The number of amides is 2. The van der Waals surface area contributed by atoms with Gasteiger partial charge in [0.05, 0.1) is 44.1 Å². The molecule has 0 spiro atoms. The van der Waals surface area contributed by atoms with Crippen molar-refractivity contribution in [2.24, 2.45) is 16.1 Å². The zero-order valence-corrected chi connectivity index (χ0v) is 30.3. The number of hydrogen-bond acceptors (Lipinski definition) is 10. The predicted molar refractivity (Wildman–Crippen MR) is 140 cm³/mol. The summed E-state index contributed by atoms with van der Waals surface area (Å²) >= 11 is 0. The molecule has 1 atom stereocenters. The first-order valence-corrected chi connectivity index (χ1v) is 14.1. The smallest absolute Gasteiger partial charge is 0.744 e. The van der Waals surface area contributed by atoms with Crippen molar-refractivity contribution in [1.29, 1.82) is 0 Å². The Morgan fingerprint density at radius 2 is 1.22 bits per heavy atom. The van der Waals surface area contributed by atoms with Gasteiger partial charge in [0.15, 0.2) is 0 Å². The molecule has 0 saturated heterocycles. The molecule has 2 aromatic carbocycles. The van der Waals surface area contributed by atoms with Crippen molar-refractivity contribution in [1.82, 2.24) is 0 Å². The van der Waals surface area contributed by atoms with Crippen molar-refractivity contribution in [3.8, 4) is 0 Å². The van der Waals surface area contributed by atoms with Gasteiger partial charge in [0.25, 0.3) is 11.8 Å². The molecule has 41 heavy (non-hydrogen) atoms. The molecule has 202 valence electrons. The Balaban J connectivity index is 0.00000294. The molecule has 2 amide bonds. The van der Waals surface area contributed by atoms with Gasteiger partial charge in [-0.25, -0.2) is 16.8 Å².